The molecule has 0 aliphatic carbocycles. The van der Waals surface area contributed by atoms with Crippen LogP contribution >= 0.6 is 11.3 Å². The van der Waals surface area contributed by atoms with Crippen molar-refractivity contribution in [3.63, 3.8) is 0 Å². The van der Waals surface area contributed by atoms with E-state index in [0.29, 0.717) is 12.0 Å². The lowest BCUT2D eigenvalue weighted by molar-refractivity contribution is 0.359. The van der Waals surface area contributed by atoms with Gasteiger partial charge in [0.1, 0.15) is 10.6 Å². The van der Waals surface area contributed by atoms with Crippen LogP contribution in [0.1, 0.15) is 39.5 Å². The smallest absolute Gasteiger partial charge is 0.226 e. The maximum absolute atomic E-state index is 4.63. The fourth-order valence-electron chi connectivity index (χ4n) is 1.81. The molecule has 0 spiro atoms. The molecule has 0 amide bonds. The Hall–Kier alpha value is -1.36. The Kier molecular flexibility index (Phi) is 4.18. The molecule has 2 rings (SSSR count). The molecule has 0 aromatic carbocycles. The number of fused-ring (bicyclic) bond motifs is 1. The lowest BCUT2D eigenvalue weighted by Gasteiger charge is -2.28. The summed E-state index contributed by atoms with van der Waals surface area (Å²) in [5.41, 5.74) is 0.181. The Morgan fingerprint density at radius 2 is 2.00 bits per heavy atom. The second kappa shape index (κ2) is 5.56. The van der Waals surface area contributed by atoms with Crippen molar-refractivity contribution in [2.45, 2.75) is 47.6 Å². The molecule has 2 N–H and O–H groups in total. The molecule has 0 aliphatic heterocycles. The third-order valence-corrected chi connectivity index (χ3v) is 4.45. The Bertz CT molecular complexity index is 598. The minimum absolute atomic E-state index is 0.181. The van der Waals surface area contributed by atoms with E-state index in [2.05, 4.69) is 68.2 Å². The number of nitrogens with zero attached hydrogens (tertiary/aromatic N) is 2. The van der Waals surface area contributed by atoms with Crippen LogP contribution in [0, 0.1) is 12.3 Å². The van der Waals surface area contributed by atoms with Crippen molar-refractivity contribution in [2.75, 3.05) is 17.2 Å². The molecule has 2 heterocycles. The van der Waals surface area contributed by atoms with E-state index in [1.807, 2.05) is 0 Å². The second-order valence-electron chi connectivity index (χ2n) is 6.23. The van der Waals surface area contributed by atoms with Gasteiger partial charge in [-0.25, -0.2) is 4.98 Å². The van der Waals surface area contributed by atoms with E-state index in [1.165, 1.54) is 4.88 Å². The number of nitrogens with one attached hydrogen (secondary N) is 2. The standard InChI is InChI=1S/C15H24N4S/c1-7-16-14-18-12(17-10(3)15(4,5)6)11-8-9(2)20-13(11)19-14/h8,10H,7H2,1-6H3,(H2,16,17,18,19). The maximum Gasteiger partial charge on any atom is 0.226 e. The molecule has 5 heteroatoms. The Morgan fingerprint density at radius 1 is 1.30 bits per heavy atom. The highest BCUT2D eigenvalue weighted by Crippen LogP contribution is 2.31. The average molecular weight is 292 g/mol. The molecule has 0 bridgehead atoms. The van der Waals surface area contributed by atoms with Crippen molar-refractivity contribution >= 4 is 33.3 Å². The van der Waals surface area contributed by atoms with Gasteiger partial charge < -0.3 is 10.6 Å². The summed E-state index contributed by atoms with van der Waals surface area (Å²) in [6, 6.07) is 2.49. The third kappa shape index (κ3) is 3.20. The van der Waals surface area contributed by atoms with Crippen molar-refractivity contribution in [1.82, 2.24) is 9.97 Å². The van der Waals surface area contributed by atoms with Crippen molar-refractivity contribution in [1.29, 1.82) is 0 Å². The minimum Gasteiger partial charge on any atom is -0.366 e. The molecule has 0 saturated carbocycles. The summed E-state index contributed by atoms with van der Waals surface area (Å²) in [6.07, 6.45) is 0. The molecular weight excluding hydrogens is 268 g/mol. The quantitative estimate of drug-likeness (QED) is 0.883. The third-order valence-electron chi connectivity index (χ3n) is 3.50. The van der Waals surface area contributed by atoms with Crippen LogP contribution in [0.3, 0.4) is 0 Å². The monoisotopic (exact) mass is 292 g/mol. The molecule has 0 fully saturated rings. The lowest BCUT2D eigenvalue weighted by atomic mass is 9.88. The number of hydrogen-bond donors (Lipinski definition) is 2. The van der Waals surface area contributed by atoms with Gasteiger partial charge in [0.25, 0.3) is 0 Å². The summed E-state index contributed by atoms with van der Waals surface area (Å²) in [4.78, 5) is 11.5. The van der Waals surface area contributed by atoms with Gasteiger partial charge in [0.2, 0.25) is 5.95 Å². The highest BCUT2D eigenvalue weighted by atomic mass is 32.1. The largest absolute Gasteiger partial charge is 0.366 e. The SMILES string of the molecule is CCNc1nc(NC(C)C(C)(C)C)c2cc(C)sc2n1. The summed E-state index contributed by atoms with van der Waals surface area (Å²) in [7, 11) is 0. The number of hydrogen-bond acceptors (Lipinski definition) is 5. The molecule has 20 heavy (non-hydrogen) atoms. The zero-order valence-electron chi connectivity index (χ0n) is 13.2. The topological polar surface area (TPSA) is 49.8 Å². The lowest BCUT2D eigenvalue weighted by Crippen LogP contribution is -2.31. The van der Waals surface area contributed by atoms with Crippen LogP contribution in [-0.4, -0.2) is 22.6 Å². The van der Waals surface area contributed by atoms with Gasteiger partial charge in [0.05, 0.1) is 5.39 Å². The summed E-state index contributed by atoms with van der Waals surface area (Å²) < 4.78 is 0. The number of aromatic nitrogens is 2. The molecule has 4 nitrogen and oxygen atoms in total. The number of rotatable bonds is 4. The molecule has 2 aromatic rings. The maximum atomic E-state index is 4.63. The van der Waals surface area contributed by atoms with Gasteiger partial charge in [-0.1, -0.05) is 20.8 Å². The van der Waals surface area contributed by atoms with Gasteiger partial charge in [-0.15, -0.1) is 11.3 Å². The first kappa shape index (κ1) is 15.0. The Balaban J connectivity index is 2.44. The first-order valence-corrected chi connectivity index (χ1v) is 7.91. The van der Waals surface area contributed by atoms with Gasteiger partial charge in [0, 0.05) is 17.5 Å². The van der Waals surface area contributed by atoms with Crippen molar-refractivity contribution < 1.29 is 0 Å². The Labute approximate surface area is 125 Å². The van der Waals surface area contributed by atoms with Gasteiger partial charge in [0.15, 0.2) is 0 Å². The van der Waals surface area contributed by atoms with E-state index in [9.17, 15) is 0 Å². The van der Waals surface area contributed by atoms with Crippen LogP contribution in [0.5, 0.6) is 0 Å². The van der Waals surface area contributed by atoms with E-state index in [1.54, 1.807) is 11.3 Å². The minimum atomic E-state index is 0.181. The van der Waals surface area contributed by atoms with Gasteiger partial charge in [-0.2, -0.15) is 4.98 Å². The van der Waals surface area contributed by atoms with E-state index in [4.69, 9.17) is 0 Å². The first-order chi connectivity index (χ1) is 9.31. The van der Waals surface area contributed by atoms with Crippen LogP contribution in [0.4, 0.5) is 11.8 Å². The molecule has 1 unspecified atom stereocenters. The highest BCUT2D eigenvalue weighted by Gasteiger charge is 2.21. The van der Waals surface area contributed by atoms with Gasteiger partial charge in [-0.05, 0) is 32.3 Å². The second-order valence-corrected chi connectivity index (χ2v) is 7.47. The van der Waals surface area contributed by atoms with Crippen LogP contribution in [0.2, 0.25) is 0 Å². The fourth-order valence-corrected chi connectivity index (χ4v) is 2.69. The van der Waals surface area contributed by atoms with Gasteiger partial charge in [-0.3, -0.25) is 0 Å². The molecule has 0 radical (unpaired) electrons. The number of aryl methyl sites for hydroxylation is 1. The van der Waals surface area contributed by atoms with Crippen LogP contribution in [-0.2, 0) is 0 Å². The number of thiophene rings is 1. The predicted octanol–water partition coefficient (Wildman–Crippen LogP) is 4.28. The summed E-state index contributed by atoms with van der Waals surface area (Å²) in [5.74, 6) is 1.63. The van der Waals surface area contributed by atoms with Crippen molar-refractivity contribution in [2.24, 2.45) is 5.41 Å². The van der Waals surface area contributed by atoms with Crippen LogP contribution in [0.25, 0.3) is 10.2 Å². The Morgan fingerprint density at radius 3 is 2.60 bits per heavy atom. The van der Waals surface area contributed by atoms with E-state index in [0.717, 1.165) is 22.6 Å². The zero-order chi connectivity index (χ0) is 14.9. The molecule has 0 aliphatic rings. The molecule has 110 valence electrons. The zero-order valence-corrected chi connectivity index (χ0v) is 14.0. The van der Waals surface area contributed by atoms with Crippen molar-refractivity contribution in [3.05, 3.63) is 10.9 Å². The normalized spacial score (nSPS) is 13.5. The predicted molar refractivity (Wildman–Crippen MR) is 88.9 cm³/mol. The molecular formula is C15H24N4S. The van der Waals surface area contributed by atoms with E-state index < -0.39 is 0 Å². The molecule has 1 atom stereocenters. The molecule has 2 aromatic heterocycles. The summed E-state index contributed by atoms with van der Waals surface area (Å²) in [5, 5.41) is 7.87. The van der Waals surface area contributed by atoms with Crippen LogP contribution < -0.4 is 10.6 Å². The summed E-state index contributed by atoms with van der Waals surface area (Å²) >= 11 is 1.71. The first-order valence-electron chi connectivity index (χ1n) is 7.10. The van der Waals surface area contributed by atoms with Gasteiger partial charge >= 0.3 is 0 Å². The summed E-state index contributed by atoms with van der Waals surface area (Å²) in [6.45, 7) is 13.9. The number of anilines is 2. The van der Waals surface area contributed by atoms with E-state index >= 15 is 0 Å². The highest BCUT2D eigenvalue weighted by molar-refractivity contribution is 7.18. The van der Waals surface area contributed by atoms with Crippen LogP contribution in [0.15, 0.2) is 6.07 Å². The van der Waals surface area contributed by atoms with Crippen molar-refractivity contribution in [3.8, 4) is 0 Å². The average Bonchev–Trinajstić information content (AvgIpc) is 2.69. The van der Waals surface area contributed by atoms with E-state index in [-0.39, 0.29) is 5.41 Å². The fraction of sp³-hybridized carbons (Fsp3) is 0.600. The molecule has 0 saturated heterocycles.